The van der Waals surface area contributed by atoms with Gasteiger partial charge >= 0.3 is 0 Å². The van der Waals surface area contributed by atoms with Crippen LogP contribution in [0, 0.1) is 5.82 Å². The second-order valence-corrected chi connectivity index (χ2v) is 7.22. The molecule has 6 heteroatoms. The molecule has 3 aromatic rings. The third-order valence-electron chi connectivity index (χ3n) is 4.69. The standard InChI is InChI=1S/C21H19ClFN3O/c22-20-4-2-1-3-16(20)13-25-14-17(11-24-25)21(27)26(19-9-10-19)12-15-5-7-18(23)8-6-15/h1-8,11,14,19H,9-10,12-13H2. The van der Waals surface area contributed by atoms with Gasteiger partial charge < -0.3 is 4.90 Å². The van der Waals surface area contributed by atoms with Crippen molar-refractivity contribution in [3.8, 4) is 0 Å². The maximum absolute atomic E-state index is 13.1. The van der Waals surface area contributed by atoms with E-state index in [1.54, 1.807) is 29.2 Å². The summed E-state index contributed by atoms with van der Waals surface area (Å²) in [6, 6.07) is 14.1. The van der Waals surface area contributed by atoms with Crippen LogP contribution in [-0.2, 0) is 13.1 Å². The van der Waals surface area contributed by atoms with Gasteiger partial charge in [-0.05, 0) is 42.2 Å². The molecule has 1 amide bonds. The lowest BCUT2D eigenvalue weighted by Gasteiger charge is -2.22. The monoisotopic (exact) mass is 383 g/mol. The number of hydrogen-bond donors (Lipinski definition) is 0. The number of hydrogen-bond acceptors (Lipinski definition) is 2. The molecule has 0 atom stereocenters. The topological polar surface area (TPSA) is 38.1 Å². The molecule has 0 bridgehead atoms. The van der Waals surface area contributed by atoms with Gasteiger partial charge in [0.2, 0.25) is 0 Å². The van der Waals surface area contributed by atoms with Gasteiger partial charge in [-0.2, -0.15) is 5.10 Å². The second kappa shape index (κ2) is 7.53. The Morgan fingerprint density at radius 1 is 1.19 bits per heavy atom. The average Bonchev–Trinajstić information content (AvgIpc) is 3.41. The lowest BCUT2D eigenvalue weighted by Crippen LogP contribution is -2.32. The van der Waals surface area contributed by atoms with Crippen molar-refractivity contribution in [2.75, 3.05) is 0 Å². The van der Waals surface area contributed by atoms with Crippen LogP contribution in [0.4, 0.5) is 4.39 Å². The van der Waals surface area contributed by atoms with Crippen molar-refractivity contribution in [3.63, 3.8) is 0 Å². The van der Waals surface area contributed by atoms with Crippen LogP contribution < -0.4 is 0 Å². The van der Waals surface area contributed by atoms with Crippen molar-refractivity contribution in [2.45, 2.75) is 32.0 Å². The van der Waals surface area contributed by atoms with Crippen molar-refractivity contribution in [1.82, 2.24) is 14.7 Å². The molecule has 0 radical (unpaired) electrons. The minimum absolute atomic E-state index is 0.0489. The van der Waals surface area contributed by atoms with Crippen LogP contribution in [0.15, 0.2) is 60.9 Å². The smallest absolute Gasteiger partial charge is 0.257 e. The van der Waals surface area contributed by atoms with Crippen molar-refractivity contribution in [3.05, 3.63) is 88.5 Å². The van der Waals surface area contributed by atoms with E-state index < -0.39 is 0 Å². The van der Waals surface area contributed by atoms with Crippen molar-refractivity contribution < 1.29 is 9.18 Å². The van der Waals surface area contributed by atoms with E-state index in [9.17, 15) is 9.18 Å². The number of nitrogens with zero attached hydrogens (tertiary/aromatic N) is 3. The van der Waals surface area contributed by atoms with E-state index in [2.05, 4.69) is 5.10 Å². The first-order chi connectivity index (χ1) is 13.1. The molecule has 138 valence electrons. The molecule has 0 spiro atoms. The van der Waals surface area contributed by atoms with Gasteiger partial charge in [0.1, 0.15) is 5.82 Å². The van der Waals surface area contributed by atoms with Gasteiger partial charge in [0.05, 0.1) is 18.3 Å². The number of carbonyl (C=O) groups excluding carboxylic acids is 1. The molecule has 4 rings (SSSR count). The van der Waals surface area contributed by atoms with Crippen molar-refractivity contribution in [2.24, 2.45) is 0 Å². The number of carbonyl (C=O) groups is 1. The molecular formula is C21H19ClFN3O. The van der Waals surface area contributed by atoms with Crippen LogP contribution in [0.2, 0.25) is 5.02 Å². The van der Waals surface area contributed by atoms with E-state index >= 15 is 0 Å². The summed E-state index contributed by atoms with van der Waals surface area (Å²) in [6.07, 6.45) is 5.35. The summed E-state index contributed by atoms with van der Waals surface area (Å²) >= 11 is 6.20. The SMILES string of the molecule is O=C(c1cnn(Cc2ccccc2Cl)c1)N(Cc1ccc(F)cc1)C1CC1. The molecule has 0 aliphatic heterocycles. The third-order valence-corrected chi connectivity index (χ3v) is 5.05. The second-order valence-electron chi connectivity index (χ2n) is 6.81. The quantitative estimate of drug-likeness (QED) is 0.627. The molecule has 0 unspecified atom stereocenters. The first-order valence-corrected chi connectivity index (χ1v) is 9.29. The highest BCUT2D eigenvalue weighted by Gasteiger charge is 2.33. The lowest BCUT2D eigenvalue weighted by atomic mass is 10.2. The molecule has 0 N–H and O–H groups in total. The number of rotatable bonds is 6. The molecule has 1 aliphatic rings. The van der Waals surface area contributed by atoms with E-state index in [-0.39, 0.29) is 17.8 Å². The summed E-state index contributed by atoms with van der Waals surface area (Å²) in [5.74, 6) is -0.323. The molecular weight excluding hydrogens is 365 g/mol. The van der Waals surface area contributed by atoms with Crippen LogP contribution in [-0.4, -0.2) is 26.6 Å². The van der Waals surface area contributed by atoms with E-state index in [0.29, 0.717) is 23.7 Å². The van der Waals surface area contributed by atoms with Gasteiger partial charge in [-0.15, -0.1) is 0 Å². The minimum atomic E-state index is -0.274. The summed E-state index contributed by atoms with van der Waals surface area (Å²) in [6.45, 7) is 0.980. The molecule has 27 heavy (non-hydrogen) atoms. The summed E-state index contributed by atoms with van der Waals surface area (Å²) in [7, 11) is 0. The maximum atomic E-state index is 13.1. The Bertz CT molecular complexity index is 950. The summed E-state index contributed by atoms with van der Waals surface area (Å²) in [4.78, 5) is 14.9. The Balaban J connectivity index is 1.50. The van der Waals surface area contributed by atoms with Crippen LogP contribution in [0.5, 0.6) is 0 Å². The first kappa shape index (κ1) is 17.7. The Labute approximate surface area is 162 Å². The fourth-order valence-electron chi connectivity index (χ4n) is 3.07. The van der Waals surface area contributed by atoms with E-state index in [0.717, 1.165) is 24.0 Å². The molecule has 0 saturated heterocycles. The fourth-order valence-corrected chi connectivity index (χ4v) is 3.26. The van der Waals surface area contributed by atoms with Gasteiger partial charge in [-0.1, -0.05) is 41.9 Å². The molecule has 1 fully saturated rings. The Hall–Kier alpha value is -2.66. The Morgan fingerprint density at radius 2 is 1.93 bits per heavy atom. The zero-order valence-corrected chi connectivity index (χ0v) is 15.4. The van der Waals surface area contributed by atoms with Crippen LogP contribution in [0.1, 0.15) is 34.3 Å². The number of amides is 1. The molecule has 4 nitrogen and oxygen atoms in total. The summed E-state index contributed by atoms with van der Waals surface area (Å²) in [5.41, 5.74) is 2.42. The van der Waals surface area contributed by atoms with Gasteiger partial charge in [-0.3, -0.25) is 9.48 Å². The molecule has 1 saturated carbocycles. The first-order valence-electron chi connectivity index (χ1n) is 8.91. The predicted molar refractivity (Wildman–Crippen MR) is 102 cm³/mol. The normalized spacial score (nSPS) is 13.6. The molecule has 1 aliphatic carbocycles. The zero-order valence-electron chi connectivity index (χ0n) is 14.7. The van der Waals surface area contributed by atoms with E-state index in [4.69, 9.17) is 11.6 Å². The lowest BCUT2D eigenvalue weighted by molar-refractivity contribution is 0.0730. The van der Waals surface area contributed by atoms with Crippen LogP contribution >= 0.6 is 11.6 Å². The minimum Gasteiger partial charge on any atom is -0.331 e. The Kier molecular flexibility index (Phi) is 4.94. The average molecular weight is 384 g/mol. The van der Waals surface area contributed by atoms with Gasteiger partial charge in [0, 0.05) is 23.8 Å². The summed E-state index contributed by atoms with van der Waals surface area (Å²) in [5, 5.41) is 4.99. The predicted octanol–water partition coefficient (Wildman–Crippen LogP) is 4.53. The van der Waals surface area contributed by atoms with Crippen molar-refractivity contribution >= 4 is 17.5 Å². The largest absolute Gasteiger partial charge is 0.331 e. The number of halogens is 2. The van der Waals surface area contributed by atoms with Gasteiger partial charge in [0.15, 0.2) is 0 Å². The molecule has 2 aromatic carbocycles. The third kappa shape index (κ3) is 4.19. The maximum Gasteiger partial charge on any atom is 0.257 e. The van der Waals surface area contributed by atoms with Crippen LogP contribution in [0.25, 0.3) is 0 Å². The van der Waals surface area contributed by atoms with Gasteiger partial charge in [0.25, 0.3) is 5.91 Å². The fraction of sp³-hybridized carbons (Fsp3) is 0.238. The van der Waals surface area contributed by atoms with Gasteiger partial charge in [-0.25, -0.2) is 4.39 Å². The Morgan fingerprint density at radius 3 is 2.63 bits per heavy atom. The highest BCUT2D eigenvalue weighted by molar-refractivity contribution is 6.31. The molecule has 1 aromatic heterocycles. The summed E-state index contributed by atoms with van der Waals surface area (Å²) < 4.78 is 14.8. The number of benzene rings is 2. The highest BCUT2D eigenvalue weighted by atomic mass is 35.5. The van der Waals surface area contributed by atoms with Crippen LogP contribution in [0.3, 0.4) is 0 Å². The van der Waals surface area contributed by atoms with Crippen molar-refractivity contribution in [1.29, 1.82) is 0 Å². The highest BCUT2D eigenvalue weighted by Crippen LogP contribution is 2.30. The van der Waals surface area contributed by atoms with E-state index in [1.165, 1.54) is 12.1 Å². The van der Waals surface area contributed by atoms with E-state index in [1.807, 2.05) is 29.2 Å². The molecule has 1 heterocycles. The number of aromatic nitrogens is 2. The zero-order chi connectivity index (χ0) is 18.8.